The molecule has 76 valence electrons. The third-order valence-corrected chi connectivity index (χ3v) is 2.61. The van der Waals surface area contributed by atoms with Crippen LogP contribution in [-0.2, 0) is 0 Å². The lowest BCUT2D eigenvalue weighted by Gasteiger charge is -2.01. The summed E-state index contributed by atoms with van der Waals surface area (Å²) in [6.45, 7) is 8.73. The Hall–Kier alpha value is -1.25. The van der Waals surface area contributed by atoms with Gasteiger partial charge in [0.2, 0.25) is 0 Å². The van der Waals surface area contributed by atoms with E-state index < -0.39 is 0 Å². The van der Waals surface area contributed by atoms with Gasteiger partial charge in [0.1, 0.15) is 0 Å². The first kappa shape index (κ1) is 9.31. The zero-order valence-corrected chi connectivity index (χ0v) is 9.20. The van der Waals surface area contributed by atoms with Gasteiger partial charge in [0.05, 0.1) is 11.9 Å². The fraction of sp³-hybridized carbons (Fsp3) is 0.545. The summed E-state index contributed by atoms with van der Waals surface area (Å²) < 4.78 is 2.08. The van der Waals surface area contributed by atoms with Crippen molar-refractivity contribution in [3.8, 4) is 0 Å². The number of H-pyrrole nitrogens is 1. The van der Waals surface area contributed by atoms with Crippen LogP contribution in [-0.4, -0.2) is 14.6 Å². The summed E-state index contributed by atoms with van der Waals surface area (Å²) in [6.07, 6.45) is 4.02. The molecule has 0 amide bonds. The van der Waals surface area contributed by atoms with Crippen LogP contribution in [0.25, 0.3) is 5.65 Å². The molecule has 0 radical (unpaired) electrons. The van der Waals surface area contributed by atoms with Crippen molar-refractivity contribution in [2.24, 2.45) is 0 Å². The first-order valence-electron chi connectivity index (χ1n) is 5.16. The molecule has 0 saturated heterocycles. The molecule has 0 saturated carbocycles. The van der Waals surface area contributed by atoms with E-state index in [2.05, 4.69) is 48.5 Å². The third-order valence-electron chi connectivity index (χ3n) is 2.61. The molecule has 2 aromatic heterocycles. The van der Waals surface area contributed by atoms with Crippen LogP contribution in [0.1, 0.15) is 50.8 Å². The van der Waals surface area contributed by atoms with E-state index in [4.69, 9.17) is 0 Å². The molecule has 3 heteroatoms. The molecule has 2 rings (SSSR count). The van der Waals surface area contributed by atoms with Gasteiger partial charge in [-0.3, -0.25) is 5.10 Å². The van der Waals surface area contributed by atoms with Crippen LogP contribution in [0.3, 0.4) is 0 Å². The van der Waals surface area contributed by atoms with Crippen LogP contribution in [0.5, 0.6) is 0 Å². The number of nitrogens with zero attached hydrogens (tertiary/aromatic N) is 2. The molecule has 2 heterocycles. The average Bonchev–Trinajstić information content (AvgIpc) is 2.59. The van der Waals surface area contributed by atoms with E-state index in [0.717, 1.165) is 5.65 Å². The predicted molar refractivity (Wildman–Crippen MR) is 57.7 cm³/mol. The van der Waals surface area contributed by atoms with Crippen molar-refractivity contribution < 1.29 is 0 Å². The maximum Gasteiger partial charge on any atom is 0.156 e. The van der Waals surface area contributed by atoms with Gasteiger partial charge in [-0.2, -0.15) is 0 Å². The van der Waals surface area contributed by atoms with Gasteiger partial charge >= 0.3 is 0 Å². The Kier molecular flexibility index (Phi) is 2.10. The van der Waals surface area contributed by atoms with E-state index in [9.17, 15) is 0 Å². The molecule has 0 bridgehead atoms. The molecule has 0 atom stereocenters. The van der Waals surface area contributed by atoms with Crippen molar-refractivity contribution in [2.45, 2.75) is 39.5 Å². The summed E-state index contributed by atoms with van der Waals surface area (Å²) >= 11 is 0. The second kappa shape index (κ2) is 3.15. The summed E-state index contributed by atoms with van der Waals surface area (Å²) in [5.41, 5.74) is 3.60. The number of imidazole rings is 1. The molecule has 0 aromatic carbocycles. The minimum Gasteiger partial charge on any atom is -0.300 e. The average molecular weight is 191 g/mol. The fourth-order valence-electron chi connectivity index (χ4n) is 1.74. The number of nitrogens with one attached hydrogen (secondary N) is 1. The highest BCUT2D eigenvalue weighted by molar-refractivity contribution is 5.49. The predicted octanol–water partition coefficient (Wildman–Crippen LogP) is 2.91. The zero-order valence-electron chi connectivity index (χ0n) is 9.20. The summed E-state index contributed by atoms with van der Waals surface area (Å²) in [4.78, 5) is 4.45. The molecule has 0 aliphatic carbocycles. The fourth-order valence-corrected chi connectivity index (χ4v) is 1.74. The van der Waals surface area contributed by atoms with E-state index in [-0.39, 0.29) is 0 Å². The van der Waals surface area contributed by atoms with E-state index in [0.29, 0.717) is 11.8 Å². The summed E-state index contributed by atoms with van der Waals surface area (Å²) in [7, 11) is 0. The normalized spacial score (nSPS) is 12.1. The minimum atomic E-state index is 0.503. The Morgan fingerprint density at radius 1 is 1.21 bits per heavy atom. The van der Waals surface area contributed by atoms with Gasteiger partial charge in [0.25, 0.3) is 0 Å². The molecule has 0 fully saturated rings. The molecule has 0 aliphatic heterocycles. The van der Waals surface area contributed by atoms with Gasteiger partial charge in [0, 0.05) is 11.8 Å². The molecular formula is C11H17N3. The lowest BCUT2D eigenvalue weighted by Crippen LogP contribution is -1.94. The van der Waals surface area contributed by atoms with Crippen LogP contribution in [0.4, 0.5) is 0 Å². The highest BCUT2D eigenvalue weighted by atomic mass is 15.3. The van der Waals surface area contributed by atoms with Gasteiger partial charge in [-0.05, 0) is 11.8 Å². The maximum atomic E-state index is 4.45. The van der Waals surface area contributed by atoms with Gasteiger partial charge in [0.15, 0.2) is 5.65 Å². The largest absolute Gasteiger partial charge is 0.300 e. The number of hydrogen-bond acceptors (Lipinski definition) is 1. The quantitative estimate of drug-likeness (QED) is 0.777. The highest BCUT2D eigenvalue weighted by Gasteiger charge is 2.13. The standard InChI is InChI=1S/C11H17N3/c1-7(2)9-5-13-14-10(8(3)4)6-12-11(9)14/h5-8,13H,1-4H3. The molecular weight excluding hydrogens is 174 g/mol. The Bertz CT molecular complexity index is 392. The lowest BCUT2D eigenvalue weighted by atomic mass is 10.1. The number of aromatic nitrogens is 3. The van der Waals surface area contributed by atoms with E-state index >= 15 is 0 Å². The van der Waals surface area contributed by atoms with Gasteiger partial charge < -0.3 is 0 Å². The molecule has 3 nitrogen and oxygen atoms in total. The van der Waals surface area contributed by atoms with E-state index in [1.54, 1.807) is 0 Å². The Labute approximate surface area is 84.1 Å². The number of hydrogen-bond donors (Lipinski definition) is 1. The van der Waals surface area contributed by atoms with Crippen molar-refractivity contribution in [3.63, 3.8) is 0 Å². The second-order valence-electron chi connectivity index (χ2n) is 4.38. The number of rotatable bonds is 2. The van der Waals surface area contributed by atoms with E-state index in [1.165, 1.54) is 11.3 Å². The summed E-state index contributed by atoms with van der Waals surface area (Å²) in [5.74, 6) is 1.02. The lowest BCUT2D eigenvalue weighted by molar-refractivity contribution is 0.768. The Morgan fingerprint density at radius 3 is 2.50 bits per heavy atom. The summed E-state index contributed by atoms with van der Waals surface area (Å²) in [5, 5.41) is 3.25. The van der Waals surface area contributed by atoms with Crippen LogP contribution >= 0.6 is 0 Å². The zero-order chi connectivity index (χ0) is 10.3. The van der Waals surface area contributed by atoms with Crippen molar-refractivity contribution in [1.82, 2.24) is 14.6 Å². The minimum absolute atomic E-state index is 0.503. The van der Waals surface area contributed by atoms with Crippen molar-refractivity contribution >= 4 is 5.65 Å². The van der Waals surface area contributed by atoms with Crippen molar-refractivity contribution in [1.29, 1.82) is 0 Å². The first-order chi connectivity index (χ1) is 6.61. The topological polar surface area (TPSA) is 33.1 Å². The van der Waals surface area contributed by atoms with Crippen molar-refractivity contribution in [3.05, 3.63) is 23.7 Å². The van der Waals surface area contributed by atoms with Crippen LogP contribution in [0, 0.1) is 0 Å². The Balaban J connectivity index is 2.61. The third kappa shape index (κ3) is 1.24. The van der Waals surface area contributed by atoms with Crippen LogP contribution in [0.15, 0.2) is 12.4 Å². The summed E-state index contributed by atoms with van der Waals surface area (Å²) in [6, 6.07) is 0. The number of fused-ring (bicyclic) bond motifs is 1. The molecule has 0 unspecified atom stereocenters. The molecule has 2 aromatic rings. The number of aromatic amines is 1. The molecule has 1 N–H and O–H groups in total. The highest BCUT2D eigenvalue weighted by Crippen LogP contribution is 2.22. The van der Waals surface area contributed by atoms with Gasteiger partial charge in [-0.15, -0.1) is 0 Å². The first-order valence-corrected chi connectivity index (χ1v) is 5.16. The van der Waals surface area contributed by atoms with Gasteiger partial charge in [-0.1, -0.05) is 27.7 Å². The SMILES string of the molecule is CC(C)c1c[nH]n2c(C(C)C)cnc12. The van der Waals surface area contributed by atoms with Gasteiger partial charge in [-0.25, -0.2) is 9.50 Å². The van der Waals surface area contributed by atoms with E-state index in [1.807, 2.05) is 6.20 Å². The maximum absolute atomic E-state index is 4.45. The Morgan fingerprint density at radius 2 is 1.93 bits per heavy atom. The second-order valence-corrected chi connectivity index (χ2v) is 4.38. The monoisotopic (exact) mass is 191 g/mol. The molecule has 14 heavy (non-hydrogen) atoms. The smallest absolute Gasteiger partial charge is 0.156 e. The van der Waals surface area contributed by atoms with Crippen LogP contribution in [0.2, 0.25) is 0 Å². The van der Waals surface area contributed by atoms with Crippen LogP contribution < -0.4 is 0 Å². The molecule has 0 spiro atoms. The molecule has 0 aliphatic rings. The van der Waals surface area contributed by atoms with Crippen molar-refractivity contribution in [2.75, 3.05) is 0 Å².